The molecule has 0 aliphatic rings. The summed E-state index contributed by atoms with van der Waals surface area (Å²) in [5, 5.41) is 28.2. The molecule has 4 heteroatoms. The van der Waals surface area contributed by atoms with Gasteiger partial charge in [-0.05, 0) is 13.8 Å². The van der Waals surface area contributed by atoms with Gasteiger partial charge < -0.3 is 20.1 Å². The second kappa shape index (κ2) is 3.05. The van der Waals surface area contributed by atoms with Gasteiger partial charge in [0.25, 0.3) is 0 Å². The Hall–Kier alpha value is -1.58. The molecule has 0 spiro atoms. The first-order valence-electron chi connectivity index (χ1n) is 3.78. The van der Waals surface area contributed by atoms with E-state index in [1.54, 1.807) is 6.92 Å². The van der Waals surface area contributed by atoms with Crippen LogP contribution in [0.2, 0.25) is 0 Å². The Bertz CT molecular complexity index is 315. The van der Waals surface area contributed by atoms with E-state index < -0.39 is 0 Å². The normalized spacial score (nSPS) is 10.1. The number of aromatic hydroxyl groups is 3. The average Bonchev–Trinajstić information content (AvgIpc) is 2.13. The van der Waals surface area contributed by atoms with Crippen LogP contribution in [0.15, 0.2) is 0 Å². The number of methoxy groups -OCH3 is 1. The summed E-state index contributed by atoms with van der Waals surface area (Å²) in [5.74, 6) is -0.650. The zero-order valence-corrected chi connectivity index (χ0v) is 7.75. The molecule has 13 heavy (non-hydrogen) atoms. The molecule has 0 aromatic heterocycles. The molecular formula is C9H12O4. The summed E-state index contributed by atoms with van der Waals surface area (Å²) >= 11 is 0. The third-order valence-electron chi connectivity index (χ3n) is 2.05. The molecule has 0 radical (unpaired) electrons. The van der Waals surface area contributed by atoms with Crippen molar-refractivity contribution in [3.8, 4) is 23.0 Å². The zero-order chi connectivity index (χ0) is 10.2. The first kappa shape index (κ1) is 9.51. The van der Waals surface area contributed by atoms with Crippen molar-refractivity contribution in [2.45, 2.75) is 13.8 Å². The van der Waals surface area contributed by atoms with Gasteiger partial charge in [0.2, 0.25) is 5.75 Å². The molecule has 1 aromatic rings. The first-order valence-corrected chi connectivity index (χ1v) is 3.78. The molecule has 0 saturated heterocycles. The molecule has 72 valence electrons. The summed E-state index contributed by atoms with van der Waals surface area (Å²) in [6, 6.07) is 0. The summed E-state index contributed by atoms with van der Waals surface area (Å²) < 4.78 is 4.82. The van der Waals surface area contributed by atoms with Crippen LogP contribution in [0.5, 0.6) is 23.0 Å². The summed E-state index contributed by atoms with van der Waals surface area (Å²) in [7, 11) is 1.36. The topological polar surface area (TPSA) is 69.9 Å². The van der Waals surface area contributed by atoms with E-state index in [2.05, 4.69) is 0 Å². The van der Waals surface area contributed by atoms with Gasteiger partial charge in [-0.25, -0.2) is 0 Å². The van der Waals surface area contributed by atoms with Gasteiger partial charge in [0, 0.05) is 11.1 Å². The summed E-state index contributed by atoms with van der Waals surface area (Å²) in [6.07, 6.45) is 0. The predicted octanol–water partition coefficient (Wildman–Crippen LogP) is 1.43. The molecule has 1 aromatic carbocycles. The molecule has 0 fully saturated rings. The molecule has 0 atom stereocenters. The van der Waals surface area contributed by atoms with Gasteiger partial charge in [0.15, 0.2) is 11.5 Å². The monoisotopic (exact) mass is 184 g/mol. The average molecular weight is 184 g/mol. The molecule has 0 heterocycles. The second-order valence-corrected chi connectivity index (χ2v) is 2.83. The van der Waals surface area contributed by atoms with Crippen LogP contribution in [0.1, 0.15) is 11.1 Å². The van der Waals surface area contributed by atoms with Crippen molar-refractivity contribution in [3.05, 3.63) is 11.1 Å². The number of benzene rings is 1. The van der Waals surface area contributed by atoms with E-state index in [0.29, 0.717) is 5.56 Å². The van der Waals surface area contributed by atoms with Crippen molar-refractivity contribution in [1.29, 1.82) is 0 Å². The Morgan fingerprint density at radius 1 is 0.846 bits per heavy atom. The highest BCUT2D eigenvalue weighted by molar-refractivity contribution is 5.63. The van der Waals surface area contributed by atoms with E-state index in [0.717, 1.165) is 0 Å². The Morgan fingerprint density at radius 3 is 1.85 bits per heavy atom. The Balaban J connectivity index is 3.56. The number of hydrogen-bond donors (Lipinski definition) is 3. The summed E-state index contributed by atoms with van der Waals surface area (Å²) in [6.45, 7) is 3.11. The molecule has 3 N–H and O–H groups in total. The van der Waals surface area contributed by atoms with Crippen molar-refractivity contribution in [2.24, 2.45) is 0 Å². The highest BCUT2D eigenvalue weighted by Crippen LogP contribution is 2.45. The van der Waals surface area contributed by atoms with Gasteiger partial charge >= 0.3 is 0 Å². The van der Waals surface area contributed by atoms with Crippen molar-refractivity contribution < 1.29 is 20.1 Å². The fourth-order valence-corrected chi connectivity index (χ4v) is 1.21. The van der Waals surface area contributed by atoms with E-state index in [4.69, 9.17) is 4.74 Å². The largest absolute Gasteiger partial charge is 0.507 e. The predicted molar refractivity (Wildman–Crippen MR) is 47.5 cm³/mol. The lowest BCUT2D eigenvalue weighted by atomic mass is 10.1. The third-order valence-corrected chi connectivity index (χ3v) is 2.05. The van der Waals surface area contributed by atoms with Crippen LogP contribution in [0, 0.1) is 13.8 Å². The fourth-order valence-electron chi connectivity index (χ4n) is 1.21. The summed E-state index contributed by atoms with van der Waals surface area (Å²) in [5.41, 5.74) is 0.658. The Morgan fingerprint density at radius 2 is 1.38 bits per heavy atom. The highest BCUT2D eigenvalue weighted by atomic mass is 16.5. The minimum atomic E-state index is -0.347. The lowest BCUT2D eigenvalue weighted by molar-refractivity contribution is 0.340. The number of rotatable bonds is 1. The van der Waals surface area contributed by atoms with E-state index in [-0.39, 0.29) is 28.6 Å². The van der Waals surface area contributed by atoms with Crippen LogP contribution in [0.4, 0.5) is 0 Å². The van der Waals surface area contributed by atoms with Crippen molar-refractivity contribution in [1.82, 2.24) is 0 Å². The lowest BCUT2D eigenvalue weighted by Crippen LogP contribution is -1.91. The van der Waals surface area contributed by atoms with E-state index in [1.807, 2.05) is 0 Å². The van der Waals surface area contributed by atoms with Gasteiger partial charge in [0.1, 0.15) is 5.75 Å². The molecule has 1 rings (SSSR count). The van der Waals surface area contributed by atoms with Gasteiger partial charge in [-0.1, -0.05) is 0 Å². The number of phenolic OH excluding ortho intramolecular Hbond substituents is 3. The van der Waals surface area contributed by atoms with Crippen LogP contribution < -0.4 is 4.74 Å². The molecule has 0 saturated carbocycles. The molecule has 4 nitrogen and oxygen atoms in total. The van der Waals surface area contributed by atoms with E-state index >= 15 is 0 Å². The maximum atomic E-state index is 9.47. The maximum Gasteiger partial charge on any atom is 0.201 e. The highest BCUT2D eigenvalue weighted by Gasteiger charge is 2.18. The van der Waals surface area contributed by atoms with Crippen molar-refractivity contribution in [3.63, 3.8) is 0 Å². The van der Waals surface area contributed by atoms with Gasteiger partial charge in [0.05, 0.1) is 7.11 Å². The van der Waals surface area contributed by atoms with Gasteiger partial charge in [-0.3, -0.25) is 0 Å². The fraction of sp³-hybridized carbons (Fsp3) is 0.333. The second-order valence-electron chi connectivity index (χ2n) is 2.83. The van der Waals surface area contributed by atoms with Crippen LogP contribution in [-0.4, -0.2) is 22.4 Å². The molecule has 0 aliphatic heterocycles. The van der Waals surface area contributed by atoms with Gasteiger partial charge in [-0.2, -0.15) is 0 Å². The van der Waals surface area contributed by atoms with Crippen LogP contribution in [0.25, 0.3) is 0 Å². The third kappa shape index (κ3) is 1.24. The maximum absolute atomic E-state index is 9.47. The SMILES string of the molecule is COc1c(C)c(O)c(C)c(O)c1O. The summed E-state index contributed by atoms with van der Waals surface area (Å²) in [4.78, 5) is 0. The number of phenols is 3. The molecular weight excluding hydrogens is 172 g/mol. The Labute approximate surface area is 76.0 Å². The molecule has 0 aliphatic carbocycles. The van der Waals surface area contributed by atoms with Crippen molar-refractivity contribution >= 4 is 0 Å². The number of ether oxygens (including phenoxy) is 1. The molecule has 0 unspecified atom stereocenters. The zero-order valence-electron chi connectivity index (χ0n) is 7.75. The van der Waals surface area contributed by atoms with Crippen molar-refractivity contribution in [2.75, 3.05) is 7.11 Å². The van der Waals surface area contributed by atoms with E-state index in [9.17, 15) is 15.3 Å². The van der Waals surface area contributed by atoms with Crippen LogP contribution in [-0.2, 0) is 0 Å². The van der Waals surface area contributed by atoms with Gasteiger partial charge in [-0.15, -0.1) is 0 Å². The lowest BCUT2D eigenvalue weighted by Gasteiger charge is -2.12. The molecule has 0 bridgehead atoms. The van der Waals surface area contributed by atoms with E-state index in [1.165, 1.54) is 14.0 Å². The quantitative estimate of drug-likeness (QED) is 0.456. The van der Waals surface area contributed by atoms with Crippen LogP contribution >= 0.6 is 0 Å². The molecule has 0 amide bonds. The first-order chi connectivity index (χ1) is 6.00. The Kier molecular flexibility index (Phi) is 2.23. The minimum Gasteiger partial charge on any atom is -0.507 e. The minimum absolute atomic E-state index is 0.0628. The smallest absolute Gasteiger partial charge is 0.201 e. The van der Waals surface area contributed by atoms with Crippen LogP contribution in [0.3, 0.4) is 0 Å². The number of hydrogen-bond acceptors (Lipinski definition) is 4. The standard InChI is InChI=1S/C9H12O4/c1-4-6(10)5(2)9(13-3)8(12)7(4)11/h10-12H,1-3H3.